The predicted molar refractivity (Wildman–Crippen MR) is 178 cm³/mol. The van der Waals surface area contributed by atoms with E-state index in [1.807, 2.05) is 49.5 Å². The van der Waals surface area contributed by atoms with Crippen LogP contribution in [0.3, 0.4) is 0 Å². The van der Waals surface area contributed by atoms with Crippen molar-refractivity contribution < 1.29 is 18.4 Å². The molecule has 0 saturated heterocycles. The Labute approximate surface area is 276 Å². The number of carbonyl (C=O) groups is 2. The number of amides is 1. The van der Waals surface area contributed by atoms with Crippen LogP contribution in [-0.2, 0) is 0 Å². The van der Waals surface area contributed by atoms with E-state index in [0.717, 1.165) is 14.7 Å². The zero-order valence-corrected chi connectivity index (χ0v) is 28.3. The number of anilines is 2. The summed E-state index contributed by atoms with van der Waals surface area (Å²) in [5.41, 5.74) is 10.5. The molecule has 0 spiro atoms. The minimum atomic E-state index is -0.766. The summed E-state index contributed by atoms with van der Waals surface area (Å²) in [6.07, 6.45) is 3.66. The summed E-state index contributed by atoms with van der Waals surface area (Å²) in [4.78, 5) is 30.8. The molecular weight excluding hydrogens is 728 g/mol. The molecule has 0 aliphatic carbocycles. The Kier molecular flexibility index (Phi) is 12.2. The number of halogens is 3. The Morgan fingerprint density at radius 1 is 0.689 bits per heavy atom. The smallest absolute Gasteiger partial charge is 0.255 e. The minimum Gasteiger partial charge on any atom is -0.275 e. The summed E-state index contributed by atoms with van der Waals surface area (Å²) in [5.74, 6) is -1.57. The van der Waals surface area contributed by atoms with E-state index < -0.39 is 22.8 Å². The third-order valence-electron chi connectivity index (χ3n) is 6.27. The maximum atomic E-state index is 13.6. The van der Waals surface area contributed by atoms with Crippen molar-refractivity contribution in [3.05, 3.63) is 143 Å². The summed E-state index contributed by atoms with van der Waals surface area (Å²) < 4.78 is 29.9. The molecule has 45 heavy (non-hydrogen) atoms. The van der Waals surface area contributed by atoms with Crippen molar-refractivity contribution in [2.75, 3.05) is 11.1 Å². The van der Waals surface area contributed by atoms with E-state index in [-0.39, 0.29) is 40.1 Å². The van der Waals surface area contributed by atoms with Gasteiger partial charge in [0.15, 0.2) is 0 Å². The normalized spacial score (nSPS) is 10.2. The van der Waals surface area contributed by atoms with Crippen molar-refractivity contribution >= 4 is 61.1 Å². The molecular formula is C34H27ClF2N4O2Se2. The van der Waals surface area contributed by atoms with Crippen LogP contribution in [-0.4, -0.2) is 50.1 Å². The fourth-order valence-corrected chi connectivity index (χ4v) is 7.67. The van der Waals surface area contributed by atoms with Crippen LogP contribution in [0.1, 0.15) is 31.8 Å². The fraction of sp³-hybridized carbons (Fsp3) is 0.0588. The summed E-state index contributed by atoms with van der Waals surface area (Å²) in [5, 5.41) is 1.94. The summed E-state index contributed by atoms with van der Waals surface area (Å²) >= 11 is 5.17. The number of nitrogens with one attached hydrogen (secondary N) is 1. The van der Waals surface area contributed by atoms with Gasteiger partial charge in [0.25, 0.3) is 5.24 Å². The van der Waals surface area contributed by atoms with Gasteiger partial charge < -0.3 is 0 Å². The van der Waals surface area contributed by atoms with E-state index in [0.29, 0.717) is 4.69 Å². The summed E-state index contributed by atoms with van der Waals surface area (Å²) in [7, 11) is 0. The molecule has 0 radical (unpaired) electrons. The zero-order valence-electron chi connectivity index (χ0n) is 24.1. The molecule has 0 unspecified atom stereocenters. The molecule has 2 aromatic heterocycles. The van der Waals surface area contributed by atoms with Crippen LogP contribution in [0.2, 0.25) is 0 Å². The molecule has 0 aliphatic rings. The second-order valence-corrected chi connectivity index (χ2v) is 14.1. The van der Waals surface area contributed by atoms with Gasteiger partial charge in [0.05, 0.1) is 5.56 Å². The quantitative estimate of drug-likeness (QED) is 0.141. The Bertz CT molecular complexity index is 1930. The third-order valence-corrected chi connectivity index (χ3v) is 10.3. The number of aromatic nitrogens is 2. The number of aryl methyl sites for hydroxylation is 2. The maximum absolute atomic E-state index is 13.6. The number of hydrogen-bond acceptors (Lipinski definition) is 5. The number of rotatable bonds is 5. The van der Waals surface area contributed by atoms with Crippen LogP contribution in [0.5, 0.6) is 0 Å². The molecule has 4 aromatic carbocycles. The summed E-state index contributed by atoms with van der Waals surface area (Å²) in [6.45, 7) is 4.16. The molecule has 0 fully saturated rings. The largest absolute Gasteiger partial charge is 0.275 e. The van der Waals surface area contributed by atoms with Crippen LogP contribution in [0.25, 0.3) is 20.0 Å². The molecule has 0 aliphatic heterocycles. The third kappa shape index (κ3) is 9.41. The van der Waals surface area contributed by atoms with Gasteiger partial charge in [-0.1, -0.05) is 12.1 Å². The van der Waals surface area contributed by atoms with Crippen molar-refractivity contribution in [2.45, 2.75) is 13.8 Å². The van der Waals surface area contributed by atoms with Gasteiger partial charge in [-0.25, -0.2) is 4.39 Å². The van der Waals surface area contributed by atoms with E-state index in [2.05, 4.69) is 34.3 Å². The molecule has 6 aromatic rings. The molecule has 0 atom stereocenters. The Hall–Kier alpha value is -4.17. The van der Waals surface area contributed by atoms with E-state index in [1.165, 1.54) is 51.5 Å². The zero-order chi connectivity index (χ0) is 32.3. The first-order valence-electron chi connectivity index (χ1n) is 13.4. The Morgan fingerprint density at radius 3 is 1.62 bits per heavy atom. The number of nitrogen functional groups attached to an aromatic ring is 1. The van der Waals surface area contributed by atoms with Crippen molar-refractivity contribution in [1.82, 2.24) is 9.97 Å². The number of benzene rings is 4. The first-order valence-corrected chi connectivity index (χ1v) is 17.2. The van der Waals surface area contributed by atoms with Crippen molar-refractivity contribution in [3.8, 4) is 20.0 Å². The van der Waals surface area contributed by atoms with E-state index in [9.17, 15) is 18.4 Å². The average molecular weight is 755 g/mol. The monoisotopic (exact) mass is 756 g/mol. The molecule has 6 rings (SSSR count). The maximum Gasteiger partial charge on any atom is 0.255 e. The van der Waals surface area contributed by atoms with Gasteiger partial charge in [-0.15, -0.1) is 0 Å². The van der Waals surface area contributed by atoms with E-state index >= 15 is 0 Å². The van der Waals surface area contributed by atoms with Gasteiger partial charge in [-0.05, 0) is 23.7 Å². The van der Waals surface area contributed by atoms with Crippen LogP contribution in [0, 0.1) is 25.5 Å². The first-order chi connectivity index (χ1) is 21.6. The van der Waals surface area contributed by atoms with Gasteiger partial charge in [0.2, 0.25) is 0 Å². The number of nitrogens with zero attached hydrogens (tertiary/aromatic N) is 2. The molecule has 2 heterocycles. The first kappa shape index (κ1) is 33.7. The molecule has 11 heteroatoms. The average Bonchev–Trinajstić information content (AvgIpc) is 3.67. The van der Waals surface area contributed by atoms with Gasteiger partial charge in [0, 0.05) is 0 Å². The minimum absolute atomic E-state index is 0.0327. The van der Waals surface area contributed by atoms with Crippen LogP contribution in [0.4, 0.5) is 18.2 Å². The Morgan fingerprint density at radius 2 is 1.16 bits per heavy atom. The standard InChI is InChI=1S/C17H13FN2OSe.C10H10N2Se.C7H4ClFO/c1-11-6-2-3-7-12(11)15-10-19-17(22-15)20-16(21)13-8-4-5-9-14(13)18;1-7-4-2-3-5-8(7)9-6-12-10(11)13-9;8-7(10)5-3-1-2-4-6(5)9/h2-10H,1H3,(H,19,20,21);2-6H,1H3,(H2,11,12);1-4H. The van der Waals surface area contributed by atoms with E-state index in [1.54, 1.807) is 24.4 Å². The van der Waals surface area contributed by atoms with Crippen LogP contribution >= 0.6 is 11.6 Å². The number of carbonyl (C=O) groups excluding carboxylic acids is 2. The predicted octanol–water partition coefficient (Wildman–Crippen LogP) is 7.41. The van der Waals surface area contributed by atoms with Crippen molar-refractivity contribution in [3.63, 3.8) is 0 Å². The molecule has 0 bridgehead atoms. The second-order valence-electron chi connectivity index (χ2n) is 9.41. The topological polar surface area (TPSA) is 98.0 Å². The van der Waals surface area contributed by atoms with Crippen molar-refractivity contribution in [1.29, 1.82) is 0 Å². The van der Waals surface area contributed by atoms with Gasteiger partial charge in [0.1, 0.15) is 5.82 Å². The molecule has 6 nitrogen and oxygen atoms in total. The fourth-order valence-electron chi connectivity index (χ4n) is 4.00. The van der Waals surface area contributed by atoms with Crippen LogP contribution in [0.15, 0.2) is 109 Å². The van der Waals surface area contributed by atoms with Gasteiger partial charge in [-0.3, -0.25) is 4.79 Å². The molecule has 0 saturated carbocycles. The summed E-state index contributed by atoms with van der Waals surface area (Å²) in [6, 6.07) is 27.9. The van der Waals surface area contributed by atoms with Crippen molar-refractivity contribution in [2.24, 2.45) is 0 Å². The molecule has 1 amide bonds. The number of nitrogens with two attached hydrogens (primary N) is 1. The second kappa shape index (κ2) is 16.2. The molecule has 3 N–H and O–H groups in total. The Balaban J connectivity index is 0.000000170. The SMILES string of the molecule is Cc1ccccc1-c1cnc(N)[se]1.Cc1ccccc1-c1cnc(NC(=O)c2ccccc2F)[se]1.O=C(Cl)c1ccccc1F. The molecule has 228 valence electrons. The van der Waals surface area contributed by atoms with E-state index in [4.69, 9.17) is 17.3 Å². The van der Waals surface area contributed by atoms with Gasteiger partial charge in [-0.2, -0.15) is 0 Å². The van der Waals surface area contributed by atoms with Crippen LogP contribution < -0.4 is 11.1 Å². The van der Waals surface area contributed by atoms with Gasteiger partial charge >= 0.3 is 216 Å². The number of hydrogen-bond donors (Lipinski definition) is 2.